The molecule has 13 heteroatoms. The molecule has 0 bridgehead atoms. The summed E-state index contributed by atoms with van der Waals surface area (Å²) >= 11 is 1.66. The predicted octanol–water partition coefficient (Wildman–Crippen LogP) is 1.75. The topological polar surface area (TPSA) is 183 Å². The number of nitrogen functional groups attached to an aromatic ring is 2. The van der Waals surface area contributed by atoms with Gasteiger partial charge in [0.2, 0.25) is 5.95 Å². The van der Waals surface area contributed by atoms with Gasteiger partial charge in [0.05, 0.1) is 6.33 Å². The monoisotopic (exact) mass is 445 g/mol. The molecular formula is C19H15N11OS. The molecule has 0 aliphatic rings. The second kappa shape index (κ2) is 7.88. The first-order valence-corrected chi connectivity index (χ1v) is 10.1. The van der Waals surface area contributed by atoms with Gasteiger partial charge in [-0.25, -0.2) is 19.7 Å². The van der Waals surface area contributed by atoms with E-state index in [4.69, 9.17) is 11.5 Å². The summed E-state index contributed by atoms with van der Waals surface area (Å²) in [6, 6.07) is 7.54. The Bertz CT molecular complexity index is 1580. The molecule has 0 radical (unpaired) electrons. The van der Waals surface area contributed by atoms with E-state index < -0.39 is 5.69 Å². The second-order valence-corrected chi connectivity index (χ2v) is 7.40. The van der Waals surface area contributed by atoms with Crippen molar-refractivity contribution >= 4 is 45.3 Å². The Hall–Kier alpha value is -4.65. The Morgan fingerprint density at radius 3 is 2.66 bits per heavy atom. The molecule has 0 saturated heterocycles. The fourth-order valence-electron chi connectivity index (χ4n) is 3.03. The lowest BCUT2D eigenvalue weighted by Crippen LogP contribution is -2.10. The third-order valence-corrected chi connectivity index (χ3v) is 5.33. The number of H-pyrrole nitrogens is 2. The number of anilines is 2. The summed E-state index contributed by atoms with van der Waals surface area (Å²) in [5.74, 6) is 0.975. The van der Waals surface area contributed by atoms with Crippen LogP contribution < -0.4 is 17.2 Å². The highest BCUT2D eigenvalue weighted by Gasteiger charge is 2.15. The van der Waals surface area contributed by atoms with Crippen LogP contribution in [0.3, 0.4) is 0 Å². The molecule has 0 saturated carbocycles. The van der Waals surface area contributed by atoms with E-state index in [2.05, 4.69) is 45.9 Å². The highest BCUT2D eigenvalue weighted by atomic mass is 32.1. The van der Waals surface area contributed by atoms with Crippen molar-refractivity contribution in [3.8, 4) is 16.4 Å². The van der Waals surface area contributed by atoms with Crippen LogP contribution in [-0.4, -0.2) is 44.4 Å². The second-order valence-electron chi connectivity index (χ2n) is 6.45. The number of hydrogen-bond acceptors (Lipinski definition) is 10. The number of rotatable bonds is 2. The predicted molar refractivity (Wildman–Crippen MR) is 121 cm³/mol. The number of nitrogens with two attached hydrogens (primary N) is 2. The summed E-state index contributed by atoms with van der Waals surface area (Å²) in [6.45, 7) is 0. The number of nitrogens with one attached hydrogen (secondary N) is 2. The van der Waals surface area contributed by atoms with Gasteiger partial charge in [-0.1, -0.05) is 6.07 Å². The molecule has 0 aliphatic heterocycles. The van der Waals surface area contributed by atoms with Gasteiger partial charge in [-0.15, -0.1) is 11.3 Å². The van der Waals surface area contributed by atoms with Gasteiger partial charge in [0.1, 0.15) is 23.2 Å². The van der Waals surface area contributed by atoms with Crippen LogP contribution in [0.1, 0.15) is 0 Å². The minimum atomic E-state index is -0.412. The van der Waals surface area contributed by atoms with E-state index in [1.165, 1.54) is 12.3 Å². The van der Waals surface area contributed by atoms with Crippen LogP contribution in [0, 0.1) is 0 Å². The van der Waals surface area contributed by atoms with Crippen molar-refractivity contribution in [2.45, 2.75) is 0 Å². The highest BCUT2D eigenvalue weighted by molar-refractivity contribution is 7.13. The smallest absolute Gasteiger partial charge is 0.346 e. The lowest BCUT2D eigenvalue weighted by atomic mass is 10.2. The number of nitrogens with zero attached hydrogens (tertiary/aromatic N) is 7. The first-order chi connectivity index (χ1) is 15.6. The van der Waals surface area contributed by atoms with Crippen LogP contribution in [0.15, 0.2) is 59.5 Å². The molecule has 158 valence electrons. The zero-order valence-electron chi connectivity index (χ0n) is 16.3. The van der Waals surface area contributed by atoms with Crippen LogP contribution in [0.5, 0.6) is 0 Å². The van der Waals surface area contributed by atoms with Gasteiger partial charge in [0.25, 0.3) is 0 Å². The van der Waals surface area contributed by atoms with Crippen molar-refractivity contribution in [1.29, 1.82) is 0 Å². The lowest BCUT2D eigenvalue weighted by molar-refractivity contribution is 0.953. The van der Waals surface area contributed by atoms with Gasteiger partial charge in [0.15, 0.2) is 17.1 Å². The molecule has 6 rings (SSSR count). The van der Waals surface area contributed by atoms with Gasteiger partial charge in [0, 0.05) is 22.8 Å². The SMILES string of the molecule is Nc1cc[nH]c(=O)n1.Nc1nc(-n2cnc3c(-c4cccs4)ccnc32)nc2nc[nH]c12. The van der Waals surface area contributed by atoms with E-state index in [0.717, 1.165) is 16.0 Å². The van der Waals surface area contributed by atoms with Crippen LogP contribution >= 0.6 is 11.3 Å². The van der Waals surface area contributed by atoms with Gasteiger partial charge >= 0.3 is 5.69 Å². The van der Waals surface area contributed by atoms with Gasteiger partial charge in [-0.3, -0.25) is 4.57 Å². The summed E-state index contributed by atoms with van der Waals surface area (Å²) in [6.07, 6.45) is 6.40. The minimum absolute atomic E-state index is 0.244. The van der Waals surface area contributed by atoms with Crippen LogP contribution in [0.25, 0.3) is 38.7 Å². The van der Waals surface area contributed by atoms with E-state index in [9.17, 15) is 4.79 Å². The summed E-state index contributed by atoms with van der Waals surface area (Å²) in [4.78, 5) is 41.8. The van der Waals surface area contributed by atoms with Crippen molar-refractivity contribution < 1.29 is 0 Å². The molecule has 0 amide bonds. The zero-order chi connectivity index (χ0) is 22.1. The molecule has 6 N–H and O–H groups in total. The van der Waals surface area contributed by atoms with Gasteiger partial charge in [-0.05, 0) is 23.6 Å². The first kappa shape index (κ1) is 19.3. The van der Waals surface area contributed by atoms with Gasteiger partial charge in [-0.2, -0.15) is 15.0 Å². The minimum Gasteiger partial charge on any atom is -0.383 e. The van der Waals surface area contributed by atoms with Crippen molar-refractivity contribution in [3.05, 3.63) is 65.2 Å². The Kier molecular flexibility index (Phi) is 4.76. The van der Waals surface area contributed by atoms with Crippen molar-refractivity contribution in [1.82, 2.24) is 44.4 Å². The molecule has 12 nitrogen and oxygen atoms in total. The average molecular weight is 445 g/mol. The van der Waals surface area contributed by atoms with E-state index in [1.54, 1.807) is 34.8 Å². The molecule has 32 heavy (non-hydrogen) atoms. The molecule has 6 aromatic rings. The molecular weight excluding hydrogens is 430 g/mol. The lowest BCUT2D eigenvalue weighted by Gasteiger charge is -2.04. The summed E-state index contributed by atoms with van der Waals surface area (Å²) < 4.78 is 1.72. The normalized spacial score (nSPS) is 10.9. The maximum Gasteiger partial charge on any atom is 0.346 e. The maximum atomic E-state index is 10.2. The Labute approximate surface area is 183 Å². The van der Waals surface area contributed by atoms with E-state index in [1.807, 2.05) is 17.5 Å². The average Bonchev–Trinajstić information content (AvgIpc) is 3.53. The summed E-state index contributed by atoms with van der Waals surface area (Å²) in [5, 5.41) is 2.04. The van der Waals surface area contributed by atoms with E-state index in [0.29, 0.717) is 28.6 Å². The Morgan fingerprint density at radius 1 is 1.00 bits per heavy atom. The fraction of sp³-hybridized carbons (Fsp3) is 0. The molecule has 0 aliphatic carbocycles. The van der Waals surface area contributed by atoms with E-state index in [-0.39, 0.29) is 5.82 Å². The molecule has 0 unspecified atom stereocenters. The maximum absolute atomic E-state index is 10.2. The zero-order valence-corrected chi connectivity index (χ0v) is 17.1. The molecule has 0 fully saturated rings. The van der Waals surface area contributed by atoms with Crippen LogP contribution in [-0.2, 0) is 0 Å². The largest absolute Gasteiger partial charge is 0.383 e. The van der Waals surface area contributed by atoms with Crippen molar-refractivity contribution in [2.24, 2.45) is 0 Å². The highest BCUT2D eigenvalue weighted by Crippen LogP contribution is 2.30. The standard InChI is InChI=1S/C15H10N8S.C4H5N3O/c16-12-11-13(19-6-18-11)22-15(21-12)23-7-20-10-8(3-4-17-14(10)23)9-2-1-5-24-9;5-3-1-2-6-4(8)7-3/h1-7H,(H3,16,18,19,21,22);1-2H,(H3,5,6,7,8). The number of pyridine rings is 1. The Morgan fingerprint density at radius 2 is 1.91 bits per heavy atom. The third kappa shape index (κ3) is 3.52. The number of fused-ring (bicyclic) bond motifs is 2. The fourth-order valence-corrected chi connectivity index (χ4v) is 3.78. The van der Waals surface area contributed by atoms with Gasteiger partial charge < -0.3 is 21.4 Å². The molecule has 6 aromatic heterocycles. The molecule has 6 heterocycles. The molecule has 0 spiro atoms. The molecule has 0 aromatic carbocycles. The molecule has 0 atom stereocenters. The third-order valence-electron chi connectivity index (χ3n) is 4.43. The summed E-state index contributed by atoms with van der Waals surface area (Å²) in [5.41, 5.74) is 14.3. The first-order valence-electron chi connectivity index (χ1n) is 9.24. The van der Waals surface area contributed by atoms with Crippen LogP contribution in [0.4, 0.5) is 11.6 Å². The number of hydrogen-bond donors (Lipinski definition) is 4. The van der Waals surface area contributed by atoms with Crippen molar-refractivity contribution in [3.63, 3.8) is 0 Å². The number of imidazole rings is 2. The van der Waals surface area contributed by atoms with Crippen LogP contribution in [0.2, 0.25) is 0 Å². The number of thiophene rings is 1. The van der Waals surface area contributed by atoms with Crippen molar-refractivity contribution in [2.75, 3.05) is 11.5 Å². The van der Waals surface area contributed by atoms with E-state index >= 15 is 0 Å². The Balaban J connectivity index is 0.000000230. The number of aromatic amines is 2. The number of aromatic nitrogens is 9. The summed E-state index contributed by atoms with van der Waals surface area (Å²) in [7, 11) is 0. The quantitative estimate of drug-likeness (QED) is 0.308.